The molecule has 1 N–H and O–H groups in total. The molecule has 0 aliphatic heterocycles. The van der Waals surface area contributed by atoms with Crippen LogP contribution in [0.15, 0.2) is 42.7 Å². The number of nitrogens with zero attached hydrogens (tertiary/aromatic N) is 3. The summed E-state index contributed by atoms with van der Waals surface area (Å²) in [6, 6.07) is 9.42. The molecule has 0 spiro atoms. The van der Waals surface area contributed by atoms with Gasteiger partial charge in [0.2, 0.25) is 0 Å². The smallest absolute Gasteiger partial charge is 0.256 e. The van der Waals surface area contributed by atoms with E-state index in [9.17, 15) is 4.79 Å². The summed E-state index contributed by atoms with van der Waals surface area (Å²) in [7, 11) is 0. The predicted molar refractivity (Wildman–Crippen MR) is 95.2 cm³/mol. The van der Waals surface area contributed by atoms with E-state index in [0.717, 1.165) is 11.3 Å². The lowest BCUT2D eigenvalue weighted by Gasteiger charge is -2.16. The number of hydrogen-bond donors (Lipinski definition) is 1. The largest absolute Gasteiger partial charge is 0.349 e. The molecular formula is C18H19ClN4O. The van der Waals surface area contributed by atoms with Crippen molar-refractivity contribution in [2.24, 2.45) is 5.92 Å². The summed E-state index contributed by atoms with van der Waals surface area (Å²) in [5.41, 5.74) is 2.82. The maximum Gasteiger partial charge on any atom is 0.256 e. The highest BCUT2D eigenvalue weighted by atomic mass is 35.5. The number of rotatable bonds is 4. The summed E-state index contributed by atoms with van der Waals surface area (Å²) in [6.07, 6.45) is 3.24. The third kappa shape index (κ3) is 3.12. The normalized spacial score (nSPS) is 12.5. The van der Waals surface area contributed by atoms with Gasteiger partial charge in [-0.3, -0.25) is 4.79 Å². The van der Waals surface area contributed by atoms with Gasteiger partial charge in [-0.25, -0.2) is 9.50 Å². The molecular weight excluding hydrogens is 324 g/mol. The van der Waals surface area contributed by atoms with E-state index in [1.165, 1.54) is 0 Å². The van der Waals surface area contributed by atoms with E-state index in [1.807, 2.05) is 37.3 Å². The molecule has 1 atom stereocenters. The predicted octanol–water partition coefficient (Wildman–Crippen LogP) is 3.82. The second-order valence-corrected chi connectivity index (χ2v) is 6.57. The van der Waals surface area contributed by atoms with Crippen LogP contribution in [0.2, 0.25) is 5.02 Å². The summed E-state index contributed by atoms with van der Waals surface area (Å²) in [5, 5.41) is 8.02. The summed E-state index contributed by atoms with van der Waals surface area (Å²) in [4.78, 5) is 16.8. The van der Waals surface area contributed by atoms with Crippen molar-refractivity contribution in [3.8, 4) is 11.3 Å². The third-order valence-electron chi connectivity index (χ3n) is 4.14. The van der Waals surface area contributed by atoms with Crippen molar-refractivity contribution in [2.75, 3.05) is 0 Å². The summed E-state index contributed by atoms with van der Waals surface area (Å²) < 4.78 is 1.68. The van der Waals surface area contributed by atoms with Gasteiger partial charge in [-0.2, -0.15) is 5.10 Å². The third-order valence-corrected chi connectivity index (χ3v) is 4.40. The van der Waals surface area contributed by atoms with Gasteiger partial charge in [0.15, 0.2) is 5.65 Å². The molecule has 0 aliphatic carbocycles. The fourth-order valence-corrected chi connectivity index (χ4v) is 2.47. The molecule has 3 rings (SSSR count). The highest BCUT2D eigenvalue weighted by molar-refractivity contribution is 6.30. The molecule has 3 aromatic rings. The average Bonchev–Trinajstić information content (AvgIpc) is 2.99. The molecule has 5 nitrogen and oxygen atoms in total. The minimum absolute atomic E-state index is 0.0758. The lowest BCUT2D eigenvalue weighted by molar-refractivity contribution is 0.0932. The molecule has 1 amide bonds. The number of halogens is 1. The van der Waals surface area contributed by atoms with Crippen molar-refractivity contribution in [3.63, 3.8) is 0 Å². The topological polar surface area (TPSA) is 59.3 Å². The molecule has 24 heavy (non-hydrogen) atoms. The van der Waals surface area contributed by atoms with Crippen LogP contribution in [-0.4, -0.2) is 26.5 Å². The Morgan fingerprint density at radius 2 is 1.88 bits per heavy atom. The number of carbonyl (C=O) groups is 1. The molecule has 2 heterocycles. The molecule has 124 valence electrons. The van der Waals surface area contributed by atoms with E-state index < -0.39 is 0 Å². The Labute approximate surface area is 145 Å². The Morgan fingerprint density at radius 3 is 2.54 bits per heavy atom. The van der Waals surface area contributed by atoms with E-state index in [-0.39, 0.29) is 11.9 Å². The SMILES string of the molecule is CC(C)[C@@H](C)NC(=O)c1cnn2c(-c3ccc(Cl)cc3)ccnc12. The van der Waals surface area contributed by atoms with Gasteiger partial charge in [0.25, 0.3) is 5.91 Å². The van der Waals surface area contributed by atoms with Gasteiger partial charge < -0.3 is 5.32 Å². The zero-order valence-corrected chi connectivity index (χ0v) is 14.6. The van der Waals surface area contributed by atoms with Crippen molar-refractivity contribution in [1.82, 2.24) is 19.9 Å². The van der Waals surface area contributed by atoms with Crippen molar-refractivity contribution in [3.05, 3.63) is 53.3 Å². The molecule has 6 heteroatoms. The van der Waals surface area contributed by atoms with E-state index >= 15 is 0 Å². The lowest BCUT2D eigenvalue weighted by atomic mass is 10.1. The van der Waals surface area contributed by atoms with Gasteiger partial charge in [-0.1, -0.05) is 37.6 Å². The molecule has 1 aromatic carbocycles. The number of amides is 1. The van der Waals surface area contributed by atoms with Crippen LogP contribution in [0.3, 0.4) is 0 Å². The molecule has 2 aromatic heterocycles. The van der Waals surface area contributed by atoms with Crippen molar-refractivity contribution < 1.29 is 4.79 Å². The van der Waals surface area contributed by atoms with Gasteiger partial charge in [-0.15, -0.1) is 0 Å². The molecule has 0 radical (unpaired) electrons. The highest BCUT2D eigenvalue weighted by Crippen LogP contribution is 2.22. The first-order valence-corrected chi connectivity index (χ1v) is 8.24. The van der Waals surface area contributed by atoms with Crippen LogP contribution in [0.1, 0.15) is 31.1 Å². The monoisotopic (exact) mass is 342 g/mol. The molecule has 0 saturated heterocycles. The second kappa shape index (κ2) is 6.61. The van der Waals surface area contributed by atoms with Crippen LogP contribution < -0.4 is 5.32 Å². The fraction of sp³-hybridized carbons (Fsp3) is 0.278. The quantitative estimate of drug-likeness (QED) is 0.784. The maximum atomic E-state index is 12.5. The Balaban J connectivity index is 2.00. The van der Waals surface area contributed by atoms with E-state index in [4.69, 9.17) is 11.6 Å². The first-order chi connectivity index (χ1) is 11.5. The lowest BCUT2D eigenvalue weighted by Crippen LogP contribution is -2.36. The van der Waals surface area contributed by atoms with Gasteiger partial charge in [0, 0.05) is 22.8 Å². The summed E-state index contributed by atoms with van der Waals surface area (Å²) in [6.45, 7) is 6.12. The minimum atomic E-state index is -0.160. The number of fused-ring (bicyclic) bond motifs is 1. The van der Waals surface area contributed by atoms with Gasteiger partial charge in [-0.05, 0) is 31.0 Å². The van der Waals surface area contributed by atoms with Crippen molar-refractivity contribution >= 4 is 23.2 Å². The maximum absolute atomic E-state index is 12.5. The van der Waals surface area contributed by atoms with Crippen molar-refractivity contribution in [1.29, 1.82) is 0 Å². The number of nitrogens with one attached hydrogen (secondary N) is 1. The molecule has 0 fully saturated rings. The first-order valence-electron chi connectivity index (χ1n) is 7.87. The highest BCUT2D eigenvalue weighted by Gasteiger charge is 2.18. The molecule has 0 aliphatic rings. The zero-order valence-electron chi connectivity index (χ0n) is 13.8. The second-order valence-electron chi connectivity index (χ2n) is 6.14. The summed E-state index contributed by atoms with van der Waals surface area (Å²) >= 11 is 5.95. The minimum Gasteiger partial charge on any atom is -0.349 e. The molecule has 0 bridgehead atoms. The van der Waals surface area contributed by atoms with Crippen molar-refractivity contribution in [2.45, 2.75) is 26.8 Å². The number of aromatic nitrogens is 3. The fourth-order valence-electron chi connectivity index (χ4n) is 2.34. The Morgan fingerprint density at radius 1 is 1.17 bits per heavy atom. The standard InChI is InChI=1S/C18H19ClN4O/c1-11(2)12(3)22-18(24)15-10-21-23-16(8-9-20-17(15)23)13-4-6-14(19)7-5-13/h4-12H,1-3H3,(H,22,24)/t12-/m1/s1. The number of benzene rings is 1. The van der Waals surface area contributed by atoms with Crippen LogP contribution in [-0.2, 0) is 0 Å². The van der Waals surface area contributed by atoms with E-state index in [2.05, 4.69) is 29.2 Å². The van der Waals surface area contributed by atoms with Gasteiger partial charge in [0.05, 0.1) is 11.9 Å². The van der Waals surface area contributed by atoms with Crippen LogP contribution >= 0.6 is 11.6 Å². The van der Waals surface area contributed by atoms with Crippen LogP contribution in [0.5, 0.6) is 0 Å². The Hall–Kier alpha value is -2.40. The van der Waals surface area contributed by atoms with Crippen LogP contribution in [0.25, 0.3) is 16.9 Å². The molecule has 0 unspecified atom stereocenters. The number of hydrogen-bond acceptors (Lipinski definition) is 3. The Bertz CT molecular complexity index is 870. The Kier molecular flexibility index (Phi) is 4.53. The number of carbonyl (C=O) groups excluding carboxylic acids is 1. The van der Waals surface area contributed by atoms with E-state index in [1.54, 1.807) is 16.9 Å². The summed E-state index contributed by atoms with van der Waals surface area (Å²) in [5.74, 6) is 0.195. The molecule has 0 saturated carbocycles. The zero-order chi connectivity index (χ0) is 17.3. The average molecular weight is 343 g/mol. The first kappa shape index (κ1) is 16.5. The van der Waals surface area contributed by atoms with Crippen LogP contribution in [0, 0.1) is 5.92 Å². The van der Waals surface area contributed by atoms with Crippen LogP contribution in [0.4, 0.5) is 0 Å². The van der Waals surface area contributed by atoms with Gasteiger partial charge in [0.1, 0.15) is 5.56 Å². The van der Waals surface area contributed by atoms with E-state index in [0.29, 0.717) is 22.2 Å². The van der Waals surface area contributed by atoms with Gasteiger partial charge >= 0.3 is 0 Å².